The van der Waals surface area contributed by atoms with Gasteiger partial charge in [-0.25, -0.2) is 0 Å². The zero-order valence-corrected chi connectivity index (χ0v) is 20.5. The SMILES string of the molecule is COc1ccc([C@H](C)N(C)C(=O)C[C@@]2(c3ccc(-c4ccccc4)cc3)CC(=O)N(C)C2=O)cc1. The van der Waals surface area contributed by atoms with Crippen LogP contribution in [0.25, 0.3) is 11.1 Å². The van der Waals surface area contributed by atoms with Crippen molar-refractivity contribution >= 4 is 17.7 Å². The van der Waals surface area contributed by atoms with Crippen molar-refractivity contribution in [2.45, 2.75) is 31.2 Å². The second-order valence-electron chi connectivity index (χ2n) is 9.09. The molecular formula is C29H30N2O4. The third-order valence-electron chi connectivity index (χ3n) is 7.11. The predicted molar refractivity (Wildman–Crippen MR) is 135 cm³/mol. The van der Waals surface area contributed by atoms with Gasteiger partial charge >= 0.3 is 0 Å². The fourth-order valence-corrected chi connectivity index (χ4v) is 4.67. The quantitative estimate of drug-likeness (QED) is 0.474. The van der Waals surface area contributed by atoms with Crippen LogP contribution in [-0.4, -0.2) is 48.7 Å². The molecule has 180 valence electrons. The summed E-state index contributed by atoms with van der Waals surface area (Å²) < 4.78 is 5.22. The van der Waals surface area contributed by atoms with Gasteiger partial charge in [-0.3, -0.25) is 19.3 Å². The topological polar surface area (TPSA) is 66.9 Å². The minimum absolute atomic E-state index is 0.0243. The van der Waals surface area contributed by atoms with Gasteiger partial charge in [0, 0.05) is 26.9 Å². The molecule has 0 saturated carbocycles. The molecular weight excluding hydrogens is 440 g/mol. The molecule has 3 aromatic rings. The molecule has 1 saturated heterocycles. The molecule has 3 aromatic carbocycles. The van der Waals surface area contributed by atoms with E-state index in [-0.39, 0.29) is 36.6 Å². The molecule has 0 bridgehead atoms. The minimum Gasteiger partial charge on any atom is -0.497 e. The molecule has 3 amide bonds. The molecule has 4 rings (SSSR count). The van der Waals surface area contributed by atoms with Gasteiger partial charge in [0.05, 0.1) is 18.6 Å². The van der Waals surface area contributed by atoms with Gasteiger partial charge in [0.1, 0.15) is 5.75 Å². The van der Waals surface area contributed by atoms with Crippen molar-refractivity contribution in [3.63, 3.8) is 0 Å². The Morgan fingerprint density at radius 2 is 1.57 bits per heavy atom. The number of benzene rings is 3. The summed E-state index contributed by atoms with van der Waals surface area (Å²) in [5, 5.41) is 0. The van der Waals surface area contributed by atoms with Gasteiger partial charge in [0.25, 0.3) is 0 Å². The van der Waals surface area contributed by atoms with Crippen LogP contribution in [0.2, 0.25) is 0 Å². The van der Waals surface area contributed by atoms with Gasteiger partial charge in [-0.05, 0) is 41.3 Å². The average molecular weight is 471 g/mol. The number of likely N-dealkylation sites (N-methyl/N-ethyl adjacent to an activating group) is 1. The van der Waals surface area contributed by atoms with Crippen molar-refractivity contribution in [3.05, 3.63) is 90.0 Å². The van der Waals surface area contributed by atoms with Crippen molar-refractivity contribution in [1.82, 2.24) is 9.80 Å². The average Bonchev–Trinajstić information content (AvgIpc) is 3.12. The molecule has 6 nitrogen and oxygen atoms in total. The smallest absolute Gasteiger partial charge is 0.240 e. The normalized spacial score (nSPS) is 18.5. The van der Waals surface area contributed by atoms with E-state index in [9.17, 15) is 14.4 Å². The van der Waals surface area contributed by atoms with Gasteiger partial charge < -0.3 is 9.64 Å². The Morgan fingerprint density at radius 3 is 2.11 bits per heavy atom. The Balaban J connectivity index is 1.62. The van der Waals surface area contributed by atoms with Gasteiger partial charge in [-0.15, -0.1) is 0 Å². The Hall–Kier alpha value is -3.93. The molecule has 35 heavy (non-hydrogen) atoms. The summed E-state index contributed by atoms with van der Waals surface area (Å²) in [6.45, 7) is 1.94. The number of nitrogens with zero attached hydrogens (tertiary/aromatic N) is 2. The summed E-state index contributed by atoms with van der Waals surface area (Å²) in [6.07, 6.45) is -0.104. The van der Waals surface area contributed by atoms with E-state index >= 15 is 0 Å². The molecule has 0 aliphatic carbocycles. The van der Waals surface area contributed by atoms with Crippen molar-refractivity contribution in [3.8, 4) is 16.9 Å². The van der Waals surface area contributed by atoms with E-state index in [1.807, 2.05) is 85.8 Å². The van der Waals surface area contributed by atoms with Crippen molar-refractivity contribution in [2.24, 2.45) is 0 Å². The Labute approximate surface area is 206 Å². The highest BCUT2D eigenvalue weighted by Crippen LogP contribution is 2.41. The maximum absolute atomic E-state index is 13.5. The zero-order chi connectivity index (χ0) is 25.2. The second-order valence-corrected chi connectivity index (χ2v) is 9.09. The summed E-state index contributed by atoms with van der Waals surface area (Å²) in [6, 6.07) is 24.9. The fourth-order valence-electron chi connectivity index (χ4n) is 4.67. The molecule has 0 radical (unpaired) electrons. The summed E-state index contributed by atoms with van der Waals surface area (Å²) in [5.74, 6) is -0.0718. The van der Waals surface area contributed by atoms with Gasteiger partial charge in [-0.1, -0.05) is 66.7 Å². The number of methoxy groups -OCH3 is 1. The molecule has 6 heteroatoms. The molecule has 1 fully saturated rings. The molecule has 2 atom stereocenters. The lowest BCUT2D eigenvalue weighted by Gasteiger charge is -2.31. The van der Waals surface area contributed by atoms with Crippen LogP contribution in [0.15, 0.2) is 78.9 Å². The number of carbonyl (C=O) groups excluding carboxylic acids is 3. The highest BCUT2D eigenvalue weighted by atomic mass is 16.5. The Bertz CT molecular complexity index is 1220. The first kappa shape index (κ1) is 24.2. The van der Waals surface area contributed by atoms with Crippen molar-refractivity contribution in [1.29, 1.82) is 0 Å². The number of rotatable bonds is 7. The van der Waals surface area contributed by atoms with Crippen LogP contribution in [0.1, 0.15) is 36.9 Å². The van der Waals surface area contributed by atoms with Gasteiger partial charge in [0.15, 0.2) is 0 Å². The lowest BCUT2D eigenvalue weighted by molar-refractivity contribution is -0.141. The lowest BCUT2D eigenvalue weighted by Crippen LogP contribution is -2.42. The van der Waals surface area contributed by atoms with E-state index in [4.69, 9.17) is 4.74 Å². The first-order valence-corrected chi connectivity index (χ1v) is 11.6. The van der Waals surface area contributed by atoms with Crippen LogP contribution in [0, 0.1) is 0 Å². The van der Waals surface area contributed by atoms with Crippen LogP contribution >= 0.6 is 0 Å². The molecule has 0 spiro atoms. The number of ether oxygens (including phenoxy) is 1. The Morgan fingerprint density at radius 1 is 0.971 bits per heavy atom. The standard InChI is InChI=1S/C29H30N2O4/c1-20(21-12-16-25(35-4)17-13-21)30(2)26(32)18-29(19-27(33)31(3)28(29)34)24-14-10-23(11-15-24)22-8-6-5-7-9-22/h5-17,20H,18-19H2,1-4H3/t20-,29-/m0/s1. The number of hydrogen-bond donors (Lipinski definition) is 0. The van der Waals surface area contributed by atoms with Crippen LogP contribution in [0.3, 0.4) is 0 Å². The molecule has 0 aromatic heterocycles. The maximum Gasteiger partial charge on any atom is 0.240 e. The summed E-state index contributed by atoms with van der Waals surface area (Å²) in [5.41, 5.74) is 2.48. The predicted octanol–water partition coefficient (Wildman–Crippen LogP) is 4.60. The highest BCUT2D eigenvalue weighted by molar-refractivity contribution is 6.10. The lowest BCUT2D eigenvalue weighted by atomic mass is 9.75. The maximum atomic E-state index is 13.5. The van der Waals surface area contributed by atoms with E-state index in [1.165, 1.54) is 7.05 Å². The summed E-state index contributed by atoms with van der Waals surface area (Å²) in [7, 11) is 4.82. The van der Waals surface area contributed by atoms with Crippen LogP contribution < -0.4 is 4.74 Å². The van der Waals surface area contributed by atoms with Crippen LogP contribution in [0.4, 0.5) is 0 Å². The summed E-state index contributed by atoms with van der Waals surface area (Å²) >= 11 is 0. The number of carbonyl (C=O) groups is 3. The fraction of sp³-hybridized carbons (Fsp3) is 0.276. The first-order valence-electron chi connectivity index (χ1n) is 11.6. The van der Waals surface area contributed by atoms with E-state index in [1.54, 1.807) is 19.1 Å². The largest absolute Gasteiger partial charge is 0.497 e. The Kier molecular flexibility index (Phi) is 6.74. The second kappa shape index (κ2) is 9.74. The highest BCUT2D eigenvalue weighted by Gasteiger charge is 2.53. The van der Waals surface area contributed by atoms with E-state index in [0.717, 1.165) is 27.3 Å². The number of hydrogen-bond acceptors (Lipinski definition) is 4. The van der Waals surface area contributed by atoms with Gasteiger partial charge in [-0.2, -0.15) is 0 Å². The number of likely N-dealkylation sites (tertiary alicyclic amines) is 1. The first-order chi connectivity index (χ1) is 16.8. The van der Waals surface area contributed by atoms with E-state index in [0.29, 0.717) is 5.56 Å². The molecule has 0 N–H and O–H groups in total. The van der Waals surface area contributed by atoms with Gasteiger partial charge in [0.2, 0.25) is 17.7 Å². The number of amides is 3. The zero-order valence-electron chi connectivity index (χ0n) is 20.5. The van der Waals surface area contributed by atoms with Crippen LogP contribution in [0.5, 0.6) is 5.75 Å². The molecule has 0 unspecified atom stereocenters. The third kappa shape index (κ3) is 4.56. The third-order valence-corrected chi connectivity index (χ3v) is 7.11. The monoisotopic (exact) mass is 470 g/mol. The van der Waals surface area contributed by atoms with Crippen molar-refractivity contribution in [2.75, 3.05) is 21.2 Å². The molecule has 1 aliphatic rings. The minimum atomic E-state index is -1.22. The van der Waals surface area contributed by atoms with E-state index < -0.39 is 5.41 Å². The summed E-state index contributed by atoms with van der Waals surface area (Å²) in [4.78, 5) is 42.2. The molecule has 1 aliphatic heterocycles. The van der Waals surface area contributed by atoms with Crippen molar-refractivity contribution < 1.29 is 19.1 Å². The van der Waals surface area contributed by atoms with E-state index in [2.05, 4.69) is 0 Å². The number of imide groups is 1. The molecule has 1 heterocycles. The van der Waals surface area contributed by atoms with Crippen LogP contribution in [-0.2, 0) is 19.8 Å².